The van der Waals surface area contributed by atoms with Gasteiger partial charge >= 0.3 is 0 Å². The fourth-order valence-electron chi connectivity index (χ4n) is 2.21. The fraction of sp³-hybridized carbons (Fsp3) is 0.357. The molecule has 0 N–H and O–H groups in total. The second kappa shape index (κ2) is 5.03. The van der Waals surface area contributed by atoms with E-state index in [2.05, 4.69) is 4.98 Å². The predicted molar refractivity (Wildman–Crippen MR) is 69.5 cm³/mol. The molecule has 3 rings (SSSR count). The molecule has 1 aromatic carbocycles. The highest BCUT2D eigenvalue weighted by Crippen LogP contribution is 2.34. The van der Waals surface area contributed by atoms with Gasteiger partial charge in [-0.3, -0.25) is 0 Å². The third kappa shape index (κ3) is 2.11. The molecule has 19 heavy (non-hydrogen) atoms. The van der Waals surface area contributed by atoms with Gasteiger partial charge in [-0.2, -0.15) is 0 Å². The Hall–Kier alpha value is -1.85. The summed E-state index contributed by atoms with van der Waals surface area (Å²) in [6.45, 7) is 1.17. The van der Waals surface area contributed by atoms with Crippen molar-refractivity contribution < 1.29 is 18.9 Å². The van der Waals surface area contributed by atoms with Crippen LogP contribution in [0, 0.1) is 0 Å². The van der Waals surface area contributed by atoms with E-state index in [-0.39, 0.29) is 0 Å². The van der Waals surface area contributed by atoms with Crippen molar-refractivity contribution >= 4 is 10.9 Å². The molecule has 5 nitrogen and oxygen atoms in total. The van der Waals surface area contributed by atoms with Crippen molar-refractivity contribution in [2.75, 3.05) is 27.4 Å². The number of aromatic nitrogens is 1. The maximum atomic E-state index is 5.51. The molecule has 1 fully saturated rings. The lowest BCUT2D eigenvalue weighted by atomic mass is 10.1. The molecule has 1 aromatic heterocycles. The Balaban J connectivity index is 2.17. The van der Waals surface area contributed by atoms with Crippen molar-refractivity contribution in [2.45, 2.75) is 6.29 Å². The number of fused-ring (bicyclic) bond motifs is 1. The van der Waals surface area contributed by atoms with Crippen LogP contribution in [-0.2, 0) is 9.47 Å². The maximum absolute atomic E-state index is 5.51. The van der Waals surface area contributed by atoms with Gasteiger partial charge in [0, 0.05) is 5.39 Å². The highest BCUT2D eigenvalue weighted by atomic mass is 16.7. The van der Waals surface area contributed by atoms with E-state index >= 15 is 0 Å². The first-order chi connectivity index (χ1) is 9.33. The van der Waals surface area contributed by atoms with Gasteiger partial charge in [0.15, 0.2) is 6.29 Å². The Labute approximate surface area is 111 Å². The van der Waals surface area contributed by atoms with Crippen molar-refractivity contribution in [2.24, 2.45) is 0 Å². The van der Waals surface area contributed by atoms with E-state index in [1.807, 2.05) is 24.3 Å². The van der Waals surface area contributed by atoms with Crippen molar-refractivity contribution in [1.29, 1.82) is 0 Å². The van der Waals surface area contributed by atoms with Crippen LogP contribution in [0.15, 0.2) is 24.3 Å². The Morgan fingerprint density at radius 3 is 2.63 bits per heavy atom. The van der Waals surface area contributed by atoms with Crippen LogP contribution in [0.1, 0.15) is 11.9 Å². The summed E-state index contributed by atoms with van der Waals surface area (Å²) in [5.74, 6) is 1.22. The van der Waals surface area contributed by atoms with Crippen LogP contribution < -0.4 is 9.47 Å². The highest BCUT2D eigenvalue weighted by molar-refractivity contribution is 5.85. The van der Waals surface area contributed by atoms with E-state index in [9.17, 15) is 0 Å². The summed E-state index contributed by atoms with van der Waals surface area (Å²) in [6, 6.07) is 7.74. The Kier molecular flexibility index (Phi) is 3.23. The average Bonchev–Trinajstić information content (AvgIpc) is 2.99. The van der Waals surface area contributed by atoms with Gasteiger partial charge in [0.05, 0.1) is 33.0 Å². The number of methoxy groups -OCH3 is 2. The zero-order valence-electron chi connectivity index (χ0n) is 10.9. The van der Waals surface area contributed by atoms with Gasteiger partial charge in [0.1, 0.15) is 11.3 Å². The Morgan fingerprint density at radius 1 is 1.16 bits per heavy atom. The summed E-state index contributed by atoms with van der Waals surface area (Å²) < 4.78 is 21.7. The van der Waals surface area contributed by atoms with Crippen LogP contribution in [-0.4, -0.2) is 32.4 Å². The summed E-state index contributed by atoms with van der Waals surface area (Å²) in [4.78, 5) is 4.50. The zero-order chi connectivity index (χ0) is 13.2. The van der Waals surface area contributed by atoms with E-state index in [4.69, 9.17) is 18.9 Å². The van der Waals surface area contributed by atoms with E-state index < -0.39 is 6.29 Å². The minimum absolute atomic E-state index is 0.405. The van der Waals surface area contributed by atoms with Crippen molar-refractivity contribution in [3.8, 4) is 11.6 Å². The predicted octanol–water partition coefficient (Wildman–Crippen LogP) is 2.30. The third-order valence-corrected chi connectivity index (χ3v) is 3.09. The summed E-state index contributed by atoms with van der Waals surface area (Å²) in [5.41, 5.74) is 1.57. The normalized spacial score (nSPS) is 15.9. The topological polar surface area (TPSA) is 49.8 Å². The van der Waals surface area contributed by atoms with Crippen LogP contribution in [0.3, 0.4) is 0 Å². The number of pyridine rings is 1. The second-order valence-corrected chi connectivity index (χ2v) is 4.19. The molecule has 100 valence electrons. The van der Waals surface area contributed by atoms with Gasteiger partial charge in [-0.05, 0) is 12.1 Å². The third-order valence-electron chi connectivity index (χ3n) is 3.09. The summed E-state index contributed by atoms with van der Waals surface area (Å²) in [5, 5.41) is 0.967. The summed E-state index contributed by atoms with van der Waals surface area (Å²) in [6.07, 6.45) is -0.405. The number of hydrogen-bond donors (Lipinski definition) is 0. The first kappa shape index (κ1) is 12.2. The Morgan fingerprint density at radius 2 is 1.95 bits per heavy atom. The molecule has 0 unspecified atom stereocenters. The summed E-state index contributed by atoms with van der Waals surface area (Å²) in [7, 11) is 3.21. The standard InChI is InChI=1S/C14H15NO4/c1-16-11-5-3-4-9-8-10(14-18-6-7-19-14)13(17-2)15-12(9)11/h3-5,8,14H,6-7H2,1-2H3. The molecule has 0 atom stereocenters. The first-order valence-electron chi connectivity index (χ1n) is 6.08. The quantitative estimate of drug-likeness (QED) is 0.848. The molecule has 0 saturated carbocycles. The highest BCUT2D eigenvalue weighted by Gasteiger charge is 2.24. The average molecular weight is 261 g/mol. The van der Waals surface area contributed by atoms with E-state index in [1.54, 1.807) is 14.2 Å². The van der Waals surface area contributed by atoms with Gasteiger partial charge in [0.25, 0.3) is 0 Å². The number of ether oxygens (including phenoxy) is 4. The minimum atomic E-state index is -0.405. The molecule has 2 heterocycles. The molecule has 0 aliphatic carbocycles. The SMILES string of the molecule is COc1nc2c(OC)cccc2cc1C1OCCO1. The van der Waals surface area contributed by atoms with Crippen molar-refractivity contribution in [3.05, 3.63) is 29.8 Å². The van der Waals surface area contributed by atoms with Crippen molar-refractivity contribution in [1.82, 2.24) is 4.98 Å². The Bertz CT molecular complexity index is 593. The van der Waals surface area contributed by atoms with Crippen LogP contribution in [0.4, 0.5) is 0 Å². The van der Waals surface area contributed by atoms with Crippen molar-refractivity contribution in [3.63, 3.8) is 0 Å². The van der Waals surface area contributed by atoms with Gasteiger partial charge in [-0.15, -0.1) is 0 Å². The number of nitrogens with zero attached hydrogens (tertiary/aromatic N) is 1. The summed E-state index contributed by atoms with van der Waals surface area (Å²) >= 11 is 0. The number of para-hydroxylation sites is 1. The van der Waals surface area contributed by atoms with Crippen LogP contribution in [0.25, 0.3) is 10.9 Å². The fourth-order valence-corrected chi connectivity index (χ4v) is 2.21. The largest absolute Gasteiger partial charge is 0.494 e. The maximum Gasteiger partial charge on any atom is 0.222 e. The lowest BCUT2D eigenvalue weighted by molar-refractivity contribution is -0.0457. The van der Waals surface area contributed by atoms with Gasteiger partial charge < -0.3 is 18.9 Å². The zero-order valence-corrected chi connectivity index (χ0v) is 10.9. The molecule has 5 heteroatoms. The molecule has 0 spiro atoms. The lowest BCUT2D eigenvalue weighted by Crippen LogP contribution is -2.04. The molecular weight excluding hydrogens is 246 g/mol. The van der Waals surface area contributed by atoms with Gasteiger partial charge in [-0.25, -0.2) is 4.98 Å². The van der Waals surface area contributed by atoms with E-state index in [1.165, 1.54) is 0 Å². The number of rotatable bonds is 3. The molecule has 2 aromatic rings. The van der Waals surface area contributed by atoms with E-state index in [0.717, 1.165) is 22.2 Å². The lowest BCUT2D eigenvalue weighted by Gasteiger charge is -2.14. The molecular formula is C14H15NO4. The number of benzene rings is 1. The van der Waals surface area contributed by atoms with E-state index in [0.29, 0.717) is 19.1 Å². The molecule has 1 aliphatic heterocycles. The van der Waals surface area contributed by atoms with Gasteiger partial charge in [-0.1, -0.05) is 12.1 Å². The van der Waals surface area contributed by atoms with Gasteiger partial charge in [0.2, 0.25) is 5.88 Å². The number of hydrogen-bond acceptors (Lipinski definition) is 5. The van der Waals surface area contributed by atoms with Crippen LogP contribution in [0.2, 0.25) is 0 Å². The molecule has 0 amide bonds. The van der Waals surface area contributed by atoms with Crippen LogP contribution >= 0.6 is 0 Å². The monoisotopic (exact) mass is 261 g/mol. The minimum Gasteiger partial charge on any atom is -0.494 e. The molecule has 1 aliphatic rings. The second-order valence-electron chi connectivity index (χ2n) is 4.19. The smallest absolute Gasteiger partial charge is 0.222 e. The molecule has 1 saturated heterocycles. The van der Waals surface area contributed by atoms with Crippen LogP contribution in [0.5, 0.6) is 11.6 Å². The first-order valence-corrected chi connectivity index (χ1v) is 6.08. The molecule has 0 bridgehead atoms. The molecule has 0 radical (unpaired) electrons.